The van der Waals surface area contributed by atoms with Crippen LogP contribution in [0.2, 0.25) is 0 Å². The van der Waals surface area contributed by atoms with Crippen molar-refractivity contribution in [3.8, 4) is 0 Å². The number of hydrogen-bond donors (Lipinski definition) is 3. The van der Waals surface area contributed by atoms with Gasteiger partial charge in [0.05, 0.1) is 17.1 Å². The molecule has 2 heterocycles. The number of likely N-dealkylation sites (tertiary alicyclic amines) is 1. The number of fused-ring (bicyclic) bond motifs is 1. The number of aromatic amines is 1. The first-order valence-electron chi connectivity index (χ1n) is 10.6. The highest BCUT2D eigenvalue weighted by Gasteiger charge is 2.29. The Balaban J connectivity index is 1.60. The molecule has 0 saturated carbocycles. The predicted octanol–water partition coefficient (Wildman–Crippen LogP) is 1.41. The fraction of sp³-hybridized carbons (Fsp3) is 0.304. The first kappa shape index (κ1) is 21.5. The van der Waals surface area contributed by atoms with Crippen LogP contribution in [0.3, 0.4) is 0 Å². The normalized spacial score (nSPS) is 16.3. The van der Waals surface area contributed by atoms with Crippen LogP contribution in [0.5, 0.6) is 0 Å². The van der Waals surface area contributed by atoms with Crippen LogP contribution in [0.15, 0.2) is 52.1 Å². The molecule has 2 amide bonds. The minimum Gasteiger partial charge on any atom is -0.368 e. The number of aryl methyl sites for hydroxylation is 1. The van der Waals surface area contributed by atoms with Crippen LogP contribution >= 0.6 is 0 Å². The molecule has 0 radical (unpaired) electrons. The number of aromatic nitrogens is 2. The highest BCUT2D eigenvalue weighted by Crippen LogP contribution is 2.24. The smallest absolute Gasteiger partial charge is 0.316 e. The molecule has 0 bridgehead atoms. The molecule has 1 unspecified atom stereocenters. The third kappa shape index (κ3) is 4.06. The van der Waals surface area contributed by atoms with Crippen LogP contribution in [0.25, 0.3) is 11.0 Å². The van der Waals surface area contributed by atoms with E-state index in [2.05, 4.69) is 10.3 Å². The van der Waals surface area contributed by atoms with Crippen molar-refractivity contribution in [2.45, 2.75) is 38.9 Å². The number of nitrogens with zero attached hydrogens (tertiary/aromatic N) is 2. The van der Waals surface area contributed by atoms with E-state index in [0.29, 0.717) is 35.4 Å². The number of benzene rings is 2. The lowest BCUT2D eigenvalue weighted by Gasteiger charge is -2.23. The van der Waals surface area contributed by atoms with Crippen molar-refractivity contribution in [3.05, 3.63) is 74.3 Å². The molecule has 166 valence electrons. The monoisotopic (exact) mass is 435 g/mol. The van der Waals surface area contributed by atoms with E-state index in [1.807, 2.05) is 23.1 Å². The Bertz CT molecular complexity index is 1310. The van der Waals surface area contributed by atoms with Gasteiger partial charge in [0.2, 0.25) is 5.91 Å². The van der Waals surface area contributed by atoms with Gasteiger partial charge in [0.25, 0.3) is 5.91 Å². The van der Waals surface area contributed by atoms with Gasteiger partial charge in [0.15, 0.2) is 0 Å². The van der Waals surface area contributed by atoms with Gasteiger partial charge in [-0.25, -0.2) is 0 Å². The average molecular weight is 435 g/mol. The zero-order valence-corrected chi connectivity index (χ0v) is 17.8. The number of hydrogen-bond acceptors (Lipinski definition) is 5. The molecule has 3 aromatic rings. The van der Waals surface area contributed by atoms with Crippen molar-refractivity contribution in [1.82, 2.24) is 14.5 Å². The Labute approximate surface area is 183 Å². The van der Waals surface area contributed by atoms with E-state index in [1.165, 1.54) is 4.57 Å². The first-order valence-corrected chi connectivity index (χ1v) is 10.6. The molecule has 4 N–H and O–H groups in total. The maximum Gasteiger partial charge on any atom is 0.316 e. The summed E-state index contributed by atoms with van der Waals surface area (Å²) in [7, 11) is 0. The molecule has 1 aliphatic heterocycles. The summed E-state index contributed by atoms with van der Waals surface area (Å²) in [5.74, 6) is -0.679. The minimum atomic E-state index is -0.725. The minimum absolute atomic E-state index is 0.299. The lowest BCUT2D eigenvalue weighted by atomic mass is 10.1. The summed E-state index contributed by atoms with van der Waals surface area (Å²) >= 11 is 0. The van der Waals surface area contributed by atoms with Gasteiger partial charge in [-0.15, -0.1) is 0 Å². The van der Waals surface area contributed by atoms with Crippen molar-refractivity contribution >= 4 is 28.5 Å². The topological polar surface area (TPSA) is 130 Å². The van der Waals surface area contributed by atoms with Crippen LogP contribution in [0.4, 0.5) is 5.69 Å². The van der Waals surface area contributed by atoms with Crippen LogP contribution in [-0.2, 0) is 17.9 Å². The second kappa shape index (κ2) is 8.80. The molecular formula is C23H25N5O4. The molecule has 1 fully saturated rings. The quantitative estimate of drug-likeness (QED) is 0.504. The van der Waals surface area contributed by atoms with Crippen LogP contribution < -0.4 is 22.2 Å². The molecule has 1 aliphatic rings. The summed E-state index contributed by atoms with van der Waals surface area (Å²) in [4.78, 5) is 53.2. The Morgan fingerprint density at radius 1 is 1.19 bits per heavy atom. The lowest BCUT2D eigenvalue weighted by Crippen LogP contribution is -2.39. The Kier molecular flexibility index (Phi) is 5.91. The number of nitrogens with two attached hydrogens (primary N) is 1. The summed E-state index contributed by atoms with van der Waals surface area (Å²) in [5, 5.41) is 2.92. The number of carbonyl (C=O) groups is 2. The van der Waals surface area contributed by atoms with Gasteiger partial charge in [-0.3, -0.25) is 24.1 Å². The van der Waals surface area contributed by atoms with Gasteiger partial charge in [-0.05, 0) is 56.1 Å². The molecular weight excluding hydrogens is 410 g/mol. The van der Waals surface area contributed by atoms with Gasteiger partial charge >= 0.3 is 11.1 Å². The molecule has 1 saturated heterocycles. The number of para-hydroxylation sites is 1. The third-order valence-electron chi connectivity index (χ3n) is 5.88. The van der Waals surface area contributed by atoms with Gasteiger partial charge in [-0.1, -0.05) is 18.2 Å². The van der Waals surface area contributed by atoms with Crippen molar-refractivity contribution in [3.63, 3.8) is 0 Å². The van der Waals surface area contributed by atoms with Crippen molar-refractivity contribution in [1.29, 1.82) is 0 Å². The number of rotatable bonds is 6. The van der Waals surface area contributed by atoms with Gasteiger partial charge in [-0.2, -0.15) is 0 Å². The van der Waals surface area contributed by atoms with E-state index < -0.39 is 11.1 Å². The number of amides is 2. The second-order valence-corrected chi connectivity index (χ2v) is 7.88. The maximum absolute atomic E-state index is 13.0. The summed E-state index contributed by atoms with van der Waals surface area (Å²) in [5.41, 5.74) is 7.01. The SMILES string of the molecule is CCn1c(=O)c(=O)[nH]c2cc(C(=O)Nc3ccccc3CN3CCCC3C(N)=O)ccc21. The number of carbonyl (C=O) groups excluding carboxylic acids is 2. The molecule has 1 aromatic heterocycles. The molecule has 0 aliphatic carbocycles. The highest BCUT2D eigenvalue weighted by atomic mass is 16.2. The molecule has 0 spiro atoms. The zero-order valence-electron chi connectivity index (χ0n) is 17.8. The maximum atomic E-state index is 13.0. The Hall–Kier alpha value is -3.72. The van der Waals surface area contributed by atoms with E-state index in [-0.39, 0.29) is 17.9 Å². The number of anilines is 1. The van der Waals surface area contributed by atoms with Crippen LogP contribution in [0, 0.1) is 0 Å². The fourth-order valence-electron chi connectivity index (χ4n) is 4.27. The summed E-state index contributed by atoms with van der Waals surface area (Å²) in [6, 6.07) is 11.9. The predicted molar refractivity (Wildman–Crippen MR) is 122 cm³/mol. The van der Waals surface area contributed by atoms with Crippen molar-refractivity contribution in [2.24, 2.45) is 5.73 Å². The average Bonchev–Trinajstić information content (AvgIpc) is 3.24. The second-order valence-electron chi connectivity index (χ2n) is 7.88. The molecule has 4 rings (SSSR count). The highest BCUT2D eigenvalue weighted by molar-refractivity contribution is 6.06. The van der Waals surface area contributed by atoms with Crippen molar-refractivity contribution in [2.75, 3.05) is 11.9 Å². The molecule has 2 aromatic carbocycles. The summed E-state index contributed by atoms with van der Waals surface area (Å²) < 4.78 is 1.37. The number of H-pyrrole nitrogens is 1. The number of nitrogens with one attached hydrogen (secondary N) is 2. The van der Waals surface area contributed by atoms with Crippen molar-refractivity contribution < 1.29 is 9.59 Å². The summed E-state index contributed by atoms with van der Waals surface area (Å²) in [6.45, 7) is 3.40. The lowest BCUT2D eigenvalue weighted by molar-refractivity contribution is -0.122. The van der Waals surface area contributed by atoms with E-state index in [0.717, 1.165) is 24.9 Å². The summed E-state index contributed by atoms with van der Waals surface area (Å²) in [6.07, 6.45) is 1.64. The number of primary amides is 1. The third-order valence-corrected chi connectivity index (χ3v) is 5.88. The Morgan fingerprint density at radius 3 is 2.72 bits per heavy atom. The first-order chi connectivity index (χ1) is 15.4. The van der Waals surface area contributed by atoms with Crippen LogP contribution in [0.1, 0.15) is 35.7 Å². The standard InChI is InChI=1S/C23H25N5O4/c1-2-28-18-10-9-14(12-17(18)26-22(31)23(28)32)21(30)25-16-7-4-3-6-15(16)13-27-11-5-8-19(27)20(24)29/h3-4,6-7,9-10,12,19H,2,5,8,11,13H2,1H3,(H2,24,29)(H,25,30)(H,26,31). The fourth-order valence-corrected chi connectivity index (χ4v) is 4.27. The van der Waals surface area contributed by atoms with E-state index in [9.17, 15) is 19.2 Å². The molecule has 9 nitrogen and oxygen atoms in total. The molecule has 1 atom stereocenters. The van der Waals surface area contributed by atoms with Gasteiger partial charge < -0.3 is 20.6 Å². The van der Waals surface area contributed by atoms with Gasteiger partial charge in [0.1, 0.15) is 0 Å². The largest absolute Gasteiger partial charge is 0.368 e. The Morgan fingerprint density at radius 2 is 1.97 bits per heavy atom. The molecule has 32 heavy (non-hydrogen) atoms. The van der Waals surface area contributed by atoms with E-state index in [1.54, 1.807) is 31.2 Å². The van der Waals surface area contributed by atoms with E-state index in [4.69, 9.17) is 5.73 Å². The van der Waals surface area contributed by atoms with Crippen LogP contribution in [-0.4, -0.2) is 38.9 Å². The van der Waals surface area contributed by atoms with E-state index >= 15 is 0 Å². The molecule has 9 heteroatoms. The zero-order chi connectivity index (χ0) is 22.8. The van der Waals surface area contributed by atoms with Gasteiger partial charge in [0, 0.05) is 24.3 Å².